The molecule has 0 aromatic heterocycles. The summed E-state index contributed by atoms with van der Waals surface area (Å²) in [5.41, 5.74) is 5.78. The molecule has 1 saturated heterocycles. The zero-order valence-corrected chi connectivity index (χ0v) is 13.4. The van der Waals surface area contributed by atoms with Crippen molar-refractivity contribution in [3.05, 3.63) is 22.2 Å². The summed E-state index contributed by atoms with van der Waals surface area (Å²) < 4.78 is 48.7. The van der Waals surface area contributed by atoms with Crippen LogP contribution in [0.5, 0.6) is 0 Å². The molecular formula is C10H12Cl2N2O4S2. The number of halogens is 2. The van der Waals surface area contributed by atoms with Gasteiger partial charge >= 0.3 is 0 Å². The molecule has 1 aliphatic rings. The maximum atomic E-state index is 12.5. The molecule has 0 unspecified atom stereocenters. The zero-order chi connectivity index (χ0) is 15.1. The van der Waals surface area contributed by atoms with Gasteiger partial charge in [0.2, 0.25) is 10.0 Å². The van der Waals surface area contributed by atoms with Crippen LogP contribution in [0.25, 0.3) is 0 Å². The Bertz CT molecular complexity index is 710. The molecule has 1 heterocycles. The van der Waals surface area contributed by atoms with Gasteiger partial charge in [-0.25, -0.2) is 16.8 Å². The number of nitrogens with two attached hydrogens (primary N) is 1. The zero-order valence-electron chi connectivity index (χ0n) is 10.2. The smallest absolute Gasteiger partial charge is 0.246 e. The quantitative estimate of drug-likeness (QED) is 0.795. The van der Waals surface area contributed by atoms with Crippen molar-refractivity contribution in [2.24, 2.45) is 0 Å². The molecule has 1 fully saturated rings. The molecule has 6 nitrogen and oxygen atoms in total. The molecule has 0 aliphatic carbocycles. The number of anilines is 1. The Morgan fingerprint density at radius 3 is 2.00 bits per heavy atom. The SMILES string of the molecule is Nc1cc(Cl)c(S(=O)(=O)N2CCS(=O)(=O)CC2)c(Cl)c1. The highest BCUT2D eigenvalue weighted by atomic mass is 35.5. The fourth-order valence-corrected chi connectivity index (χ4v) is 5.94. The Labute approximate surface area is 127 Å². The summed E-state index contributed by atoms with van der Waals surface area (Å²) in [6.45, 7) is -0.219. The highest BCUT2D eigenvalue weighted by Gasteiger charge is 2.34. The van der Waals surface area contributed by atoms with Crippen LogP contribution in [0, 0.1) is 0 Å². The van der Waals surface area contributed by atoms with Gasteiger partial charge in [0.1, 0.15) is 4.90 Å². The molecule has 2 rings (SSSR count). The lowest BCUT2D eigenvalue weighted by molar-refractivity contribution is 0.431. The van der Waals surface area contributed by atoms with Gasteiger partial charge < -0.3 is 5.73 Å². The third-order valence-corrected chi connectivity index (χ3v) is 7.35. The first-order valence-electron chi connectivity index (χ1n) is 5.58. The summed E-state index contributed by atoms with van der Waals surface area (Å²) in [5, 5.41) is -0.160. The molecule has 112 valence electrons. The summed E-state index contributed by atoms with van der Waals surface area (Å²) in [4.78, 5) is -0.241. The second-order valence-electron chi connectivity index (χ2n) is 4.37. The molecule has 0 bridgehead atoms. The first-order chi connectivity index (χ1) is 9.13. The molecule has 0 radical (unpaired) electrons. The van der Waals surface area contributed by atoms with E-state index in [1.54, 1.807) is 0 Å². The summed E-state index contributed by atoms with van der Waals surface area (Å²) in [7, 11) is -7.12. The molecule has 2 N–H and O–H groups in total. The maximum absolute atomic E-state index is 12.5. The van der Waals surface area contributed by atoms with Crippen LogP contribution in [0.4, 0.5) is 5.69 Å². The topological polar surface area (TPSA) is 97.5 Å². The minimum atomic E-state index is -3.94. The van der Waals surface area contributed by atoms with Gasteiger partial charge in [0, 0.05) is 18.8 Å². The van der Waals surface area contributed by atoms with Gasteiger partial charge in [0.05, 0.1) is 21.6 Å². The fraction of sp³-hybridized carbons (Fsp3) is 0.400. The van der Waals surface area contributed by atoms with Gasteiger partial charge in [-0.3, -0.25) is 0 Å². The van der Waals surface area contributed by atoms with Crippen molar-refractivity contribution in [2.75, 3.05) is 30.3 Å². The first-order valence-corrected chi connectivity index (χ1v) is 9.60. The average molecular weight is 359 g/mol. The van der Waals surface area contributed by atoms with Crippen LogP contribution in [0.2, 0.25) is 10.0 Å². The van der Waals surface area contributed by atoms with E-state index in [4.69, 9.17) is 28.9 Å². The minimum Gasteiger partial charge on any atom is -0.399 e. The van der Waals surface area contributed by atoms with Crippen molar-refractivity contribution in [3.8, 4) is 0 Å². The molecular weight excluding hydrogens is 347 g/mol. The van der Waals surface area contributed by atoms with Crippen molar-refractivity contribution in [1.82, 2.24) is 4.31 Å². The van der Waals surface area contributed by atoms with Crippen molar-refractivity contribution in [1.29, 1.82) is 0 Å². The van der Waals surface area contributed by atoms with Gasteiger partial charge in [-0.05, 0) is 12.1 Å². The average Bonchev–Trinajstić information content (AvgIpc) is 2.26. The first kappa shape index (κ1) is 15.8. The Morgan fingerprint density at radius 2 is 1.55 bits per heavy atom. The molecule has 1 aromatic rings. The molecule has 1 aliphatic heterocycles. The molecule has 1 aromatic carbocycles. The fourth-order valence-electron chi connectivity index (χ4n) is 1.89. The summed E-state index contributed by atoms with van der Waals surface area (Å²) in [6.07, 6.45) is 0. The Kier molecular flexibility index (Phi) is 4.23. The highest BCUT2D eigenvalue weighted by Crippen LogP contribution is 2.34. The molecule has 10 heteroatoms. The van der Waals surface area contributed by atoms with Gasteiger partial charge in [0.25, 0.3) is 0 Å². The lowest BCUT2D eigenvalue weighted by Gasteiger charge is -2.26. The number of hydrogen-bond acceptors (Lipinski definition) is 5. The lowest BCUT2D eigenvalue weighted by atomic mass is 10.3. The third-order valence-electron chi connectivity index (χ3n) is 2.92. The Hall–Kier alpha value is -0.540. The molecule has 0 saturated carbocycles. The summed E-state index contributed by atoms with van der Waals surface area (Å²) in [6, 6.07) is 2.59. The summed E-state index contributed by atoms with van der Waals surface area (Å²) in [5.74, 6) is -0.424. The monoisotopic (exact) mass is 358 g/mol. The van der Waals surface area contributed by atoms with E-state index in [0.717, 1.165) is 4.31 Å². The normalized spacial score (nSPS) is 19.9. The van der Waals surface area contributed by atoms with Crippen LogP contribution in [0.15, 0.2) is 17.0 Å². The number of sulfonamides is 1. The van der Waals surface area contributed by atoms with Crippen LogP contribution < -0.4 is 5.73 Å². The molecule has 20 heavy (non-hydrogen) atoms. The van der Waals surface area contributed by atoms with Gasteiger partial charge in [-0.1, -0.05) is 23.2 Å². The Morgan fingerprint density at radius 1 is 1.10 bits per heavy atom. The predicted octanol–water partition coefficient (Wildman–Crippen LogP) is 0.995. The van der Waals surface area contributed by atoms with Gasteiger partial charge in [-0.15, -0.1) is 0 Å². The second kappa shape index (κ2) is 5.34. The van der Waals surface area contributed by atoms with E-state index >= 15 is 0 Å². The van der Waals surface area contributed by atoms with Crippen molar-refractivity contribution >= 4 is 48.7 Å². The summed E-state index contributed by atoms with van der Waals surface area (Å²) >= 11 is 11.8. The Balaban J connectivity index is 2.42. The number of hydrogen-bond donors (Lipinski definition) is 1. The standard InChI is InChI=1S/C10H12Cl2N2O4S2/c11-8-5-7(13)6-9(12)10(8)20(17,18)14-1-3-19(15,16)4-2-14/h5-6H,1-4,13H2. The third kappa shape index (κ3) is 3.04. The number of nitrogens with zero attached hydrogens (tertiary/aromatic N) is 1. The highest BCUT2D eigenvalue weighted by molar-refractivity contribution is 7.92. The number of nitrogen functional groups attached to an aromatic ring is 1. The van der Waals surface area contributed by atoms with E-state index in [1.807, 2.05) is 0 Å². The van der Waals surface area contributed by atoms with E-state index in [2.05, 4.69) is 0 Å². The van der Waals surface area contributed by atoms with E-state index in [9.17, 15) is 16.8 Å². The van der Waals surface area contributed by atoms with Crippen molar-refractivity contribution < 1.29 is 16.8 Å². The van der Waals surface area contributed by atoms with Crippen molar-refractivity contribution in [3.63, 3.8) is 0 Å². The predicted molar refractivity (Wildman–Crippen MR) is 78.3 cm³/mol. The minimum absolute atomic E-state index is 0.0802. The van der Waals surface area contributed by atoms with Crippen LogP contribution in [-0.4, -0.2) is 45.7 Å². The molecule has 0 amide bonds. The molecule has 0 atom stereocenters. The van der Waals surface area contributed by atoms with Crippen LogP contribution >= 0.6 is 23.2 Å². The molecule has 0 spiro atoms. The number of rotatable bonds is 2. The van der Waals surface area contributed by atoms with E-state index in [1.165, 1.54) is 12.1 Å². The lowest BCUT2D eigenvalue weighted by Crippen LogP contribution is -2.43. The largest absolute Gasteiger partial charge is 0.399 e. The number of sulfone groups is 1. The van der Waals surface area contributed by atoms with Crippen molar-refractivity contribution in [2.45, 2.75) is 4.90 Å². The van der Waals surface area contributed by atoms with E-state index in [0.29, 0.717) is 0 Å². The van der Waals surface area contributed by atoms with Crippen LogP contribution in [-0.2, 0) is 19.9 Å². The van der Waals surface area contributed by atoms with E-state index in [-0.39, 0.29) is 45.2 Å². The van der Waals surface area contributed by atoms with Gasteiger partial charge in [0.15, 0.2) is 9.84 Å². The maximum Gasteiger partial charge on any atom is 0.246 e. The van der Waals surface area contributed by atoms with Crippen LogP contribution in [0.3, 0.4) is 0 Å². The number of benzene rings is 1. The van der Waals surface area contributed by atoms with Crippen LogP contribution in [0.1, 0.15) is 0 Å². The van der Waals surface area contributed by atoms with E-state index < -0.39 is 19.9 Å². The van der Waals surface area contributed by atoms with Gasteiger partial charge in [-0.2, -0.15) is 4.31 Å². The second-order valence-corrected chi connectivity index (χ2v) is 9.36.